The van der Waals surface area contributed by atoms with Gasteiger partial charge in [-0.05, 0) is 41.7 Å². The summed E-state index contributed by atoms with van der Waals surface area (Å²) in [4.78, 5) is 26.5. The molecule has 0 aliphatic carbocycles. The van der Waals surface area contributed by atoms with Gasteiger partial charge in [0.2, 0.25) is 5.91 Å². The summed E-state index contributed by atoms with van der Waals surface area (Å²) in [5.74, 6) is -0.793. The number of rotatable bonds is 5. The lowest BCUT2D eigenvalue weighted by Crippen LogP contribution is -2.58. The fraction of sp³-hybridized carbons (Fsp3) is 0.318. The summed E-state index contributed by atoms with van der Waals surface area (Å²) < 4.78 is 10.3. The van der Waals surface area contributed by atoms with Crippen LogP contribution in [-0.2, 0) is 16.0 Å². The summed E-state index contributed by atoms with van der Waals surface area (Å²) in [5.41, 5.74) is 9.17. The summed E-state index contributed by atoms with van der Waals surface area (Å²) >= 11 is 0. The van der Waals surface area contributed by atoms with E-state index in [0.29, 0.717) is 43.6 Å². The van der Waals surface area contributed by atoms with E-state index in [1.54, 1.807) is 6.07 Å². The van der Waals surface area contributed by atoms with Crippen LogP contribution in [0.4, 0.5) is 0 Å². The number of fused-ring (bicyclic) bond motifs is 1. The van der Waals surface area contributed by atoms with Crippen molar-refractivity contribution in [1.82, 2.24) is 10.3 Å². The number of carbonyl (C=O) groups excluding carboxylic acids is 1. The minimum absolute atomic E-state index is 0.309. The molecule has 0 spiro atoms. The maximum absolute atomic E-state index is 12.6. The number of ether oxygens (including phenoxy) is 1. The number of nitrogens with zero attached hydrogens (tertiary/aromatic N) is 1. The molecule has 1 fully saturated rings. The number of amides is 1. The van der Waals surface area contributed by atoms with E-state index >= 15 is 0 Å². The van der Waals surface area contributed by atoms with Crippen LogP contribution in [0.25, 0.3) is 22.2 Å². The van der Waals surface area contributed by atoms with Gasteiger partial charge in [0.05, 0.1) is 17.1 Å². The quantitative estimate of drug-likeness (QED) is 0.592. The van der Waals surface area contributed by atoms with Gasteiger partial charge >= 0.3 is 5.76 Å². The summed E-state index contributed by atoms with van der Waals surface area (Å²) in [7, 11) is 0. The number of aromatic nitrogens is 1. The third kappa shape index (κ3) is 4.13. The summed E-state index contributed by atoms with van der Waals surface area (Å²) in [6.07, 6.45) is 1.26. The van der Waals surface area contributed by atoms with E-state index in [0.717, 1.165) is 16.7 Å². The second kappa shape index (κ2) is 8.14. The number of nitriles is 1. The Bertz CT molecular complexity index is 1150. The Morgan fingerprint density at radius 2 is 1.90 bits per heavy atom. The van der Waals surface area contributed by atoms with Crippen LogP contribution in [0, 0.1) is 11.3 Å². The van der Waals surface area contributed by atoms with Crippen LogP contribution in [0.5, 0.6) is 0 Å². The van der Waals surface area contributed by atoms with Crippen LogP contribution in [0.2, 0.25) is 0 Å². The highest BCUT2D eigenvalue weighted by atomic mass is 16.5. The number of oxazole rings is 1. The van der Waals surface area contributed by atoms with E-state index in [1.165, 1.54) is 0 Å². The number of hydrogen-bond donors (Lipinski definition) is 3. The predicted molar refractivity (Wildman–Crippen MR) is 110 cm³/mol. The van der Waals surface area contributed by atoms with E-state index < -0.39 is 17.3 Å². The van der Waals surface area contributed by atoms with E-state index in [2.05, 4.69) is 16.4 Å². The van der Waals surface area contributed by atoms with E-state index in [1.807, 2.05) is 36.4 Å². The minimum atomic E-state index is -0.982. The molecule has 1 atom stereocenters. The molecule has 2 heterocycles. The summed E-state index contributed by atoms with van der Waals surface area (Å²) in [6.45, 7) is 0.891. The van der Waals surface area contributed by atoms with Gasteiger partial charge in [0.25, 0.3) is 0 Å². The standard InChI is InChI=1S/C22H22N4O4/c23-13-17(25-20(27)22(24)7-9-29-10-8-22)11-14-1-3-15(4-2-14)16-5-6-19-18(12-16)26-21(28)30-19/h1-6,12,17H,7-11,24H2,(H,25,27)(H,26,28). The highest BCUT2D eigenvalue weighted by molar-refractivity contribution is 5.86. The van der Waals surface area contributed by atoms with Gasteiger partial charge in [-0.2, -0.15) is 5.26 Å². The van der Waals surface area contributed by atoms with Crippen LogP contribution in [0.3, 0.4) is 0 Å². The van der Waals surface area contributed by atoms with Gasteiger partial charge < -0.3 is 20.2 Å². The molecule has 2 aromatic carbocycles. The number of hydrogen-bond acceptors (Lipinski definition) is 6. The van der Waals surface area contributed by atoms with Crippen molar-refractivity contribution in [2.75, 3.05) is 13.2 Å². The molecule has 154 valence electrons. The van der Waals surface area contributed by atoms with Crippen molar-refractivity contribution in [2.45, 2.75) is 30.8 Å². The third-order valence-corrected chi connectivity index (χ3v) is 5.44. The van der Waals surface area contributed by atoms with Crippen LogP contribution in [0.1, 0.15) is 18.4 Å². The molecule has 1 saturated heterocycles. The van der Waals surface area contributed by atoms with E-state index in [9.17, 15) is 14.9 Å². The van der Waals surface area contributed by atoms with Crippen molar-refractivity contribution in [3.05, 3.63) is 58.6 Å². The van der Waals surface area contributed by atoms with Crippen LogP contribution in [0.15, 0.2) is 51.7 Å². The Morgan fingerprint density at radius 3 is 2.60 bits per heavy atom. The summed E-state index contributed by atoms with van der Waals surface area (Å²) in [5, 5.41) is 12.3. The largest absolute Gasteiger partial charge is 0.417 e. The number of benzene rings is 2. The smallest absolute Gasteiger partial charge is 0.408 e. The van der Waals surface area contributed by atoms with Crippen molar-refractivity contribution in [1.29, 1.82) is 5.26 Å². The second-order valence-corrected chi connectivity index (χ2v) is 7.55. The van der Waals surface area contributed by atoms with Gasteiger partial charge in [0, 0.05) is 19.6 Å². The molecular formula is C22H22N4O4. The van der Waals surface area contributed by atoms with Crippen molar-refractivity contribution in [3.63, 3.8) is 0 Å². The van der Waals surface area contributed by atoms with Crippen molar-refractivity contribution >= 4 is 17.0 Å². The molecule has 0 saturated carbocycles. The number of H-pyrrole nitrogens is 1. The number of aromatic amines is 1. The monoisotopic (exact) mass is 406 g/mol. The molecule has 1 unspecified atom stereocenters. The Labute approximate surface area is 172 Å². The van der Waals surface area contributed by atoms with E-state index in [4.69, 9.17) is 14.9 Å². The fourth-order valence-corrected chi connectivity index (χ4v) is 3.59. The molecular weight excluding hydrogens is 384 g/mol. The Kier molecular flexibility index (Phi) is 5.40. The molecule has 4 rings (SSSR count). The molecule has 3 aromatic rings. The molecule has 1 amide bonds. The average Bonchev–Trinajstić information content (AvgIpc) is 3.13. The third-order valence-electron chi connectivity index (χ3n) is 5.44. The Hall–Kier alpha value is -3.41. The molecule has 0 bridgehead atoms. The molecule has 1 aliphatic rings. The van der Waals surface area contributed by atoms with Crippen molar-refractivity contribution < 1.29 is 13.9 Å². The lowest BCUT2D eigenvalue weighted by Gasteiger charge is -2.32. The number of carbonyl (C=O) groups is 1. The molecule has 0 radical (unpaired) electrons. The zero-order chi connectivity index (χ0) is 21.1. The number of nitrogens with one attached hydrogen (secondary N) is 2. The molecule has 30 heavy (non-hydrogen) atoms. The first-order valence-electron chi connectivity index (χ1n) is 9.76. The van der Waals surface area contributed by atoms with Crippen LogP contribution in [-0.4, -0.2) is 35.7 Å². The van der Waals surface area contributed by atoms with Gasteiger partial charge in [0.1, 0.15) is 6.04 Å². The topological polar surface area (TPSA) is 134 Å². The summed E-state index contributed by atoms with van der Waals surface area (Å²) in [6, 6.07) is 14.7. The first kappa shape index (κ1) is 19.9. The Morgan fingerprint density at radius 1 is 1.20 bits per heavy atom. The van der Waals surface area contributed by atoms with Crippen LogP contribution >= 0.6 is 0 Å². The van der Waals surface area contributed by atoms with Gasteiger partial charge in [-0.25, -0.2) is 4.79 Å². The van der Waals surface area contributed by atoms with E-state index in [-0.39, 0.29) is 5.91 Å². The van der Waals surface area contributed by atoms with Gasteiger partial charge in [-0.3, -0.25) is 9.78 Å². The predicted octanol–water partition coefficient (Wildman–Crippen LogP) is 1.85. The zero-order valence-electron chi connectivity index (χ0n) is 16.3. The highest BCUT2D eigenvalue weighted by Gasteiger charge is 2.36. The lowest BCUT2D eigenvalue weighted by molar-refractivity contribution is -0.130. The second-order valence-electron chi connectivity index (χ2n) is 7.55. The fourth-order valence-electron chi connectivity index (χ4n) is 3.59. The average molecular weight is 406 g/mol. The van der Waals surface area contributed by atoms with Crippen LogP contribution < -0.4 is 16.8 Å². The molecule has 1 aromatic heterocycles. The Balaban J connectivity index is 1.44. The highest BCUT2D eigenvalue weighted by Crippen LogP contribution is 2.24. The SMILES string of the molecule is N#CC(Cc1ccc(-c2ccc3oc(=O)[nH]c3c2)cc1)NC(=O)C1(N)CCOCC1. The molecule has 4 N–H and O–H groups in total. The molecule has 1 aliphatic heterocycles. The molecule has 8 heteroatoms. The van der Waals surface area contributed by atoms with Crippen molar-refractivity contribution in [2.24, 2.45) is 5.73 Å². The minimum Gasteiger partial charge on any atom is -0.408 e. The van der Waals surface area contributed by atoms with Crippen molar-refractivity contribution in [3.8, 4) is 17.2 Å². The maximum Gasteiger partial charge on any atom is 0.417 e. The van der Waals surface area contributed by atoms with Gasteiger partial charge in [0.15, 0.2) is 5.58 Å². The lowest BCUT2D eigenvalue weighted by atomic mass is 9.90. The normalized spacial score (nSPS) is 16.7. The maximum atomic E-state index is 12.6. The van der Waals surface area contributed by atoms with Gasteiger partial charge in [-0.15, -0.1) is 0 Å². The number of nitrogens with two attached hydrogens (primary N) is 1. The first-order valence-corrected chi connectivity index (χ1v) is 9.76. The zero-order valence-corrected chi connectivity index (χ0v) is 16.3. The first-order chi connectivity index (χ1) is 14.5. The molecule has 8 nitrogen and oxygen atoms in total. The van der Waals surface area contributed by atoms with Gasteiger partial charge in [-0.1, -0.05) is 30.3 Å².